The molecule has 0 radical (unpaired) electrons. The zero-order valence-corrected chi connectivity index (χ0v) is 12.8. The number of carbonyl (C=O) groups is 1. The average molecular weight is 273 g/mol. The van der Waals surface area contributed by atoms with Crippen LogP contribution in [0.4, 0.5) is 0 Å². The SMILES string of the molecule is CCCC(C)C(=O)NC1(c2ccccc2)CCCCC1. The normalized spacial score (nSPS) is 19.3. The van der Waals surface area contributed by atoms with Crippen molar-refractivity contribution in [2.45, 2.75) is 64.3 Å². The molecule has 110 valence electrons. The Morgan fingerprint density at radius 2 is 1.85 bits per heavy atom. The molecule has 20 heavy (non-hydrogen) atoms. The first kappa shape index (κ1) is 15.1. The largest absolute Gasteiger partial charge is 0.346 e. The van der Waals surface area contributed by atoms with Gasteiger partial charge in [-0.15, -0.1) is 0 Å². The molecule has 1 N–H and O–H groups in total. The van der Waals surface area contributed by atoms with Gasteiger partial charge in [-0.05, 0) is 24.8 Å². The lowest BCUT2D eigenvalue weighted by Gasteiger charge is -2.39. The summed E-state index contributed by atoms with van der Waals surface area (Å²) in [6.07, 6.45) is 7.87. The topological polar surface area (TPSA) is 29.1 Å². The molecule has 0 saturated heterocycles. The van der Waals surface area contributed by atoms with Crippen LogP contribution in [-0.2, 0) is 10.3 Å². The summed E-state index contributed by atoms with van der Waals surface area (Å²) < 4.78 is 0. The van der Waals surface area contributed by atoms with Gasteiger partial charge in [0, 0.05) is 5.92 Å². The van der Waals surface area contributed by atoms with Crippen LogP contribution in [-0.4, -0.2) is 5.91 Å². The Kier molecular flexibility index (Phi) is 5.22. The molecule has 0 heterocycles. The summed E-state index contributed by atoms with van der Waals surface area (Å²) in [5, 5.41) is 3.39. The maximum Gasteiger partial charge on any atom is 0.223 e. The number of benzene rings is 1. The second-order valence-corrected chi connectivity index (χ2v) is 6.19. The van der Waals surface area contributed by atoms with E-state index >= 15 is 0 Å². The van der Waals surface area contributed by atoms with E-state index < -0.39 is 0 Å². The highest BCUT2D eigenvalue weighted by molar-refractivity contribution is 5.79. The molecule has 0 bridgehead atoms. The Balaban J connectivity index is 2.18. The molecule has 2 rings (SSSR count). The first-order valence-corrected chi connectivity index (χ1v) is 8.05. The van der Waals surface area contributed by atoms with Gasteiger partial charge in [-0.3, -0.25) is 4.79 Å². The fraction of sp³-hybridized carbons (Fsp3) is 0.611. The second-order valence-electron chi connectivity index (χ2n) is 6.19. The highest BCUT2D eigenvalue weighted by Crippen LogP contribution is 2.37. The summed E-state index contributed by atoms with van der Waals surface area (Å²) in [6.45, 7) is 4.18. The standard InChI is InChI=1S/C18H27NO/c1-3-10-15(2)17(20)19-18(13-8-5-9-14-18)16-11-6-4-7-12-16/h4,6-7,11-12,15H,3,5,8-10,13-14H2,1-2H3,(H,19,20). The molecule has 1 aliphatic carbocycles. The molecule has 1 aromatic rings. The van der Waals surface area contributed by atoms with Crippen LogP contribution in [0.25, 0.3) is 0 Å². The van der Waals surface area contributed by atoms with Crippen molar-refractivity contribution in [2.24, 2.45) is 5.92 Å². The molecule has 1 amide bonds. The van der Waals surface area contributed by atoms with Crippen molar-refractivity contribution in [1.29, 1.82) is 0 Å². The first-order valence-electron chi connectivity index (χ1n) is 8.05. The van der Waals surface area contributed by atoms with Crippen LogP contribution in [0.2, 0.25) is 0 Å². The van der Waals surface area contributed by atoms with Gasteiger partial charge in [-0.25, -0.2) is 0 Å². The van der Waals surface area contributed by atoms with Crippen LogP contribution in [0, 0.1) is 5.92 Å². The van der Waals surface area contributed by atoms with E-state index in [1.54, 1.807) is 0 Å². The van der Waals surface area contributed by atoms with Crippen LogP contribution in [0.15, 0.2) is 30.3 Å². The maximum atomic E-state index is 12.5. The van der Waals surface area contributed by atoms with Crippen LogP contribution < -0.4 is 5.32 Å². The van der Waals surface area contributed by atoms with Crippen LogP contribution in [0.3, 0.4) is 0 Å². The molecular formula is C18H27NO. The Hall–Kier alpha value is -1.31. The second kappa shape index (κ2) is 6.92. The number of carbonyl (C=O) groups excluding carboxylic acids is 1. The number of amides is 1. The van der Waals surface area contributed by atoms with E-state index in [1.807, 2.05) is 13.0 Å². The molecule has 1 saturated carbocycles. The third kappa shape index (κ3) is 3.41. The van der Waals surface area contributed by atoms with E-state index in [0.717, 1.165) is 25.7 Å². The zero-order chi connectivity index (χ0) is 14.4. The molecular weight excluding hydrogens is 246 g/mol. The molecule has 0 aromatic heterocycles. The Bertz CT molecular complexity index is 420. The Morgan fingerprint density at radius 3 is 2.45 bits per heavy atom. The van der Waals surface area contributed by atoms with E-state index in [0.29, 0.717) is 0 Å². The fourth-order valence-corrected chi connectivity index (χ4v) is 3.32. The molecule has 0 aliphatic heterocycles. The van der Waals surface area contributed by atoms with E-state index in [-0.39, 0.29) is 17.4 Å². The van der Waals surface area contributed by atoms with Gasteiger partial charge >= 0.3 is 0 Å². The molecule has 1 unspecified atom stereocenters. The van der Waals surface area contributed by atoms with Crippen molar-refractivity contribution in [3.05, 3.63) is 35.9 Å². The highest BCUT2D eigenvalue weighted by atomic mass is 16.2. The minimum absolute atomic E-state index is 0.113. The van der Waals surface area contributed by atoms with Crippen LogP contribution in [0.5, 0.6) is 0 Å². The van der Waals surface area contributed by atoms with Crippen molar-refractivity contribution < 1.29 is 4.79 Å². The molecule has 1 fully saturated rings. The molecule has 2 nitrogen and oxygen atoms in total. The van der Waals surface area contributed by atoms with Crippen molar-refractivity contribution in [2.75, 3.05) is 0 Å². The lowest BCUT2D eigenvalue weighted by atomic mass is 9.76. The smallest absolute Gasteiger partial charge is 0.223 e. The maximum absolute atomic E-state index is 12.5. The van der Waals surface area contributed by atoms with Gasteiger partial charge in [0.25, 0.3) is 0 Å². The minimum atomic E-state index is -0.126. The van der Waals surface area contributed by atoms with E-state index in [2.05, 4.69) is 36.5 Å². The third-order valence-corrected chi connectivity index (χ3v) is 4.57. The Morgan fingerprint density at radius 1 is 1.20 bits per heavy atom. The number of hydrogen-bond acceptors (Lipinski definition) is 1. The van der Waals surface area contributed by atoms with Crippen LogP contribution in [0.1, 0.15) is 64.4 Å². The minimum Gasteiger partial charge on any atom is -0.346 e. The summed E-state index contributed by atoms with van der Waals surface area (Å²) in [4.78, 5) is 12.5. The predicted octanol–water partition coefficient (Wildman–Crippen LogP) is 4.40. The predicted molar refractivity (Wildman–Crippen MR) is 83.4 cm³/mol. The van der Waals surface area contributed by atoms with Gasteiger partial charge in [0.2, 0.25) is 5.91 Å². The van der Waals surface area contributed by atoms with Crippen molar-refractivity contribution in [3.8, 4) is 0 Å². The number of hydrogen-bond donors (Lipinski definition) is 1. The molecule has 0 spiro atoms. The molecule has 1 aliphatic rings. The fourth-order valence-electron chi connectivity index (χ4n) is 3.32. The third-order valence-electron chi connectivity index (χ3n) is 4.57. The van der Waals surface area contributed by atoms with Gasteiger partial charge < -0.3 is 5.32 Å². The van der Waals surface area contributed by atoms with Crippen molar-refractivity contribution >= 4 is 5.91 Å². The molecule has 1 atom stereocenters. The lowest BCUT2D eigenvalue weighted by Crippen LogP contribution is -2.48. The summed E-state index contributed by atoms with van der Waals surface area (Å²) >= 11 is 0. The molecule has 1 aromatic carbocycles. The van der Waals surface area contributed by atoms with E-state index in [9.17, 15) is 4.79 Å². The van der Waals surface area contributed by atoms with Gasteiger partial charge in [-0.2, -0.15) is 0 Å². The number of nitrogens with one attached hydrogen (secondary N) is 1. The zero-order valence-electron chi connectivity index (χ0n) is 12.8. The van der Waals surface area contributed by atoms with Gasteiger partial charge in [0.1, 0.15) is 0 Å². The average Bonchev–Trinajstić information content (AvgIpc) is 2.49. The van der Waals surface area contributed by atoms with Crippen LogP contribution >= 0.6 is 0 Å². The van der Waals surface area contributed by atoms with Gasteiger partial charge in [-0.1, -0.05) is 69.9 Å². The quantitative estimate of drug-likeness (QED) is 0.846. The first-order chi connectivity index (χ1) is 9.68. The number of rotatable bonds is 5. The summed E-state index contributed by atoms with van der Waals surface area (Å²) in [7, 11) is 0. The van der Waals surface area contributed by atoms with Gasteiger partial charge in [0.05, 0.1) is 5.54 Å². The van der Waals surface area contributed by atoms with Gasteiger partial charge in [0.15, 0.2) is 0 Å². The monoisotopic (exact) mass is 273 g/mol. The van der Waals surface area contributed by atoms with E-state index in [4.69, 9.17) is 0 Å². The lowest BCUT2D eigenvalue weighted by molar-refractivity contribution is -0.127. The highest BCUT2D eigenvalue weighted by Gasteiger charge is 2.35. The van der Waals surface area contributed by atoms with E-state index in [1.165, 1.54) is 24.8 Å². The van der Waals surface area contributed by atoms with Crippen molar-refractivity contribution in [1.82, 2.24) is 5.32 Å². The summed E-state index contributed by atoms with van der Waals surface area (Å²) in [5.74, 6) is 0.333. The molecule has 2 heteroatoms. The summed E-state index contributed by atoms with van der Waals surface area (Å²) in [5.41, 5.74) is 1.15. The van der Waals surface area contributed by atoms with Crippen molar-refractivity contribution in [3.63, 3.8) is 0 Å². The summed E-state index contributed by atoms with van der Waals surface area (Å²) in [6, 6.07) is 10.5. The Labute approximate surface area is 123 Å².